The molecule has 35 heavy (non-hydrogen) atoms. The van der Waals surface area contributed by atoms with Crippen LogP contribution in [0.2, 0.25) is 0 Å². The lowest BCUT2D eigenvalue weighted by atomic mass is 10.1. The van der Waals surface area contributed by atoms with E-state index in [-0.39, 0.29) is 30.3 Å². The van der Waals surface area contributed by atoms with Crippen molar-refractivity contribution < 1.29 is 18.7 Å². The van der Waals surface area contributed by atoms with Gasteiger partial charge in [-0.25, -0.2) is 4.79 Å². The monoisotopic (exact) mass is 482 g/mol. The molecule has 10 heteroatoms. The number of nitrogens with zero attached hydrogens (tertiary/aromatic N) is 5. The van der Waals surface area contributed by atoms with Gasteiger partial charge in [-0.15, -0.1) is 0 Å². The first-order chi connectivity index (χ1) is 16.7. The molecule has 2 fully saturated rings. The third kappa shape index (κ3) is 5.59. The molecule has 1 aromatic carbocycles. The van der Waals surface area contributed by atoms with Crippen LogP contribution >= 0.6 is 0 Å². The normalized spacial score (nSPS) is 18.8. The standard InChI is InChI=1S/C25H31FN6O3/c1-5-22(33)31-12-10-30(11-13-31)15-18-6-8-19(9-7-18)17(2)27-23-28-20(26)14-21(29-23)32-24(34)35-16-25(32,3)4/h5-9,14,17H,1,10-13,15-16H2,2-4H3,(H,27,28,29)/t17-/m0/s1. The summed E-state index contributed by atoms with van der Waals surface area (Å²) in [6, 6.07) is 9.11. The van der Waals surface area contributed by atoms with Crippen molar-refractivity contribution in [2.24, 2.45) is 0 Å². The van der Waals surface area contributed by atoms with Crippen molar-refractivity contribution >= 4 is 23.8 Å². The maximum Gasteiger partial charge on any atom is 0.416 e. The van der Waals surface area contributed by atoms with Gasteiger partial charge < -0.3 is 15.0 Å². The molecule has 2 amide bonds. The molecule has 3 heterocycles. The van der Waals surface area contributed by atoms with Crippen LogP contribution in [0, 0.1) is 5.95 Å². The first kappa shape index (κ1) is 24.6. The van der Waals surface area contributed by atoms with Gasteiger partial charge in [-0.2, -0.15) is 14.4 Å². The number of nitrogens with one attached hydrogen (secondary N) is 1. The van der Waals surface area contributed by atoms with E-state index in [1.807, 2.05) is 37.8 Å². The minimum Gasteiger partial charge on any atom is -0.447 e. The van der Waals surface area contributed by atoms with E-state index in [0.29, 0.717) is 13.1 Å². The summed E-state index contributed by atoms with van der Waals surface area (Å²) in [4.78, 5) is 37.6. The van der Waals surface area contributed by atoms with Crippen LogP contribution < -0.4 is 10.2 Å². The topological polar surface area (TPSA) is 90.9 Å². The number of halogens is 1. The molecule has 0 unspecified atom stereocenters. The molecule has 0 spiro atoms. The summed E-state index contributed by atoms with van der Waals surface area (Å²) in [5.74, 6) is -0.497. The summed E-state index contributed by atoms with van der Waals surface area (Å²) in [7, 11) is 0. The maximum absolute atomic E-state index is 14.3. The van der Waals surface area contributed by atoms with Gasteiger partial charge >= 0.3 is 6.09 Å². The lowest BCUT2D eigenvalue weighted by Crippen LogP contribution is -2.47. The Morgan fingerprint density at radius 2 is 1.91 bits per heavy atom. The molecular weight excluding hydrogens is 451 g/mol. The van der Waals surface area contributed by atoms with Gasteiger partial charge in [0.1, 0.15) is 12.4 Å². The van der Waals surface area contributed by atoms with Crippen molar-refractivity contribution in [2.45, 2.75) is 38.9 Å². The average Bonchev–Trinajstić information content (AvgIpc) is 3.11. The van der Waals surface area contributed by atoms with E-state index < -0.39 is 17.6 Å². The Balaban J connectivity index is 1.38. The van der Waals surface area contributed by atoms with Crippen LogP contribution in [0.3, 0.4) is 0 Å². The van der Waals surface area contributed by atoms with Crippen molar-refractivity contribution in [2.75, 3.05) is 43.0 Å². The van der Waals surface area contributed by atoms with Crippen molar-refractivity contribution in [3.63, 3.8) is 0 Å². The number of benzene rings is 1. The highest BCUT2D eigenvalue weighted by atomic mass is 19.1. The third-order valence-corrected chi connectivity index (χ3v) is 6.34. The minimum absolute atomic E-state index is 0.0195. The number of carbonyl (C=O) groups is 2. The molecule has 1 atom stereocenters. The molecule has 186 valence electrons. The molecule has 0 saturated carbocycles. The lowest BCUT2D eigenvalue weighted by molar-refractivity contribution is -0.127. The van der Waals surface area contributed by atoms with E-state index in [4.69, 9.17) is 4.74 Å². The quantitative estimate of drug-likeness (QED) is 0.478. The zero-order valence-electron chi connectivity index (χ0n) is 20.3. The highest BCUT2D eigenvalue weighted by Gasteiger charge is 2.42. The van der Waals surface area contributed by atoms with Crippen LogP contribution in [0.1, 0.15) is 37.9 Å². The predicted molar refractivity (Wildman–Crippen MR) is 130 cm³/mol. The summed E-state index contributed by atoms with van der Waals surface area (Å²) >= 11 is 0. The Morgan fingerprint density at radius 1 is 1.23 bits per heavy atom. The number of hydrogen-bond donors (Lipinski definition) is 1. The number of ether oxygens (including phenoxy) is 1. The van der Waals surface area contributed by atoms with Gasteiger partial charge in [-0.3, -0.25) is 14.6 Å². The smallest absolute Gasteiger partial charge is 0.416 e. The molecule has 2 aliphatic rings. The molecular formula is C25H31FN6O3. The summed E-state index contributed by atoms with van der Waals surface area (Å²) in [5.41, 5.74) is 1.53. The molecule has 2 aliphatic heterocycles. The van der Waals surface area contributed by atoms with Gasteiger partial charge in [-0.1, -0.05) is 30.8 Å². The summed E-state index contributed by atoms with van der Waals surface area (Å²) < 4.78 is 19.4. The van der Waals surface area contributed by atoms with Crippen LogP contribution in [0.25, 0.3) is 0 Å². The van der Waals surface area contributed by atoms with Gasteiger partial charge in [-0.05, 0) is 38.0 Å². The first-order valence-corrected chi connectivity index (χ1v) is 11.7. The highest BCUT2D eigenvalue weighted by Crippen LogP contribution is 2.30. The number of aromatic nitrogens is 2. The number of anilines is 2. The van der Waals surface area contributed by atoms with Crippen molar-refractivity contribution in [3.05, 3.63) is 60.1 Å². The minimum atomic E-state index is -0.731. The number of piperazine rings is 1. The van der Waals surface area contributed by atoms with Crippen LogP contribution in [0.4, 0.5) is 21.0 Å². The molecule has 2 saturated heterocycles. The number of cyclic esters (lactones) is 1. The van der Waals surface area contributed by atoms with E-state index in [0.717, 1.165) is 31.3 Å². The van der Waals surface area contributed by atoms with Gasteiger partial charge in [0.25, 0.3) is 0 Å². The van der Waals surface area contributed by atoms with E-state index >= 15 is 0 Å². The Bertz CT molecular complexity index is 1100. The van der Waals surface area contributed by atoms with Crippen LogP contribution in [0.15, 0.2) is 43.0 Å². The molecule has 4 rings (SSSR count). The van der Waals surface area contributed by atoms with Gasteiger partial charge in [0.15, 0.2) is 0 Å². The number of amides is 2. The fraction of sp³-hybridized carbons (Fsp3) is 0.440. The summed E-state index contributed by atoms with van der Waals surface area (Å²) in [6.07, 6.45) is 0.803. The zero-order chi connectivity index (χ0) is 25.2. The molecule has 9 nitrogen and oxygen atoms in total. The molecule has 0 bridgehead atoms. The molecule has 2 aromatic rings. The van der Waals surface area contributed by atoms with Crippen molar-refractivity contribution in [1.82, 2.24) is 19.8 Å². The van der Waals surface area contributed by atoms with Crippen LogP contribution in [-0.2, 0) is 16.1 Å². The highest BCUT2D eigenvalue weighted by molar-refractivity contribution is 5.90. The van der Waals surface area contributed by atoms with Crippen molar-refractivity contribution in [1.29, 1.82) is 0 Å². The Kier molecular flexibility index (Phi) is 7.02. The SMILES string of the molecule is C=CC(=O)N1CCN(Cc2ccc([C@H](C)Nc3nc(F)cc(N4C(=O)OCC4(C)C)n3)cc2)CC1. The fourth-order valence-electron chi connectivity index (χ4n) is 4.31. The number of hydrogen-bond acceptors (Lipinski definition) is 7. The van der Waals surface area contributed by atoms with Crippen LogP contribution in [0.5, 0.6) is 0 Å². The number of rotatable bonds is 7. The molecule has 1 aromatic heterocycles. The fourth-order valence-corrected chi connectivity index (χ4v) is 4.31. The van der Waals surface area contributed by atoms with Gasteiger partial charge in [0.2, 0.25) is 17.8 Å². The second-order valence-corrected chi connectivity index (χ2v) is 9.49. The predicted octanol–water partition coefficient (Wildman–Crippen LogP) is 3.35. The summed E-state index contributed by atoms with van der Waals surface area (Å²) in [5, 5.41) is 3.13. The van der Waals surface area contributed by atoms with E-state index in [2.05, 4.69) is 38.9 Å². The summed E-state index contributed by atoms with van der Waals surface area (Å²) in [6.45, 7) is 13.2. The lowest BCUT2D eigenvalue weighted by Gasteiger charge is -2.34. The van der Waals surface area contributed by atoms with E-state index in [1.54, 1.807) is 0 Å². The van der Waals surface area contributed by atoms with Gasteiger partial charge in [0.05, 0.1) is 11.6 Å². The maximum atomic E-state index is 14.3. The largest absolute Gasteiger partial charge is 0.447 e. The van der Waals surface area contributed by atoms with Crippen molar-refractivity contribution in [3.8, 4) is 0 Å². The third-order valence-electron chi connectivity index (χ3n) is 6.34. The van der Waals surface area contributed by atoms with E-state index in [1.165, 1.54) is 16.5 Å². The zero-order valence-corrected chi connectivity index (χ0v) is 20.3. The number of carbonyl (C=O) groups excluding carboxylic acids is 2. The molecule has 0 radical (unpaired) electrons. The Hall–Kier alpha value is -3.53. The second-order valence-electron chi connectivity index (χ2n) is 9.49. The molecule has 1 N–H and O–H groups in total. The Morgan fingerprint density at radius 3 is 2.51 bits per heavy atom. The second kappa shape index (κ2) is 9.99. The van der Waals surface area contributed by atoms with E-state index in [9.17, 15) is 14.0 Å². The first-order valence-electron chi connectivity index (χ1n) is 11.7. The van der Waals surface area contributed by atoms with Crippen LogP contribution in [-0.4, -0.2) is 70.1 Å². The average molecular weight is 483 g/mol. The Labute approximate surface area is 204 Å². The molecule has 0 aliphatic carbocycles. The van der Waals surface area contributed by atoms with Gasteiger partial charge in [0, 0.05) is 38.8 Å².